The molecule has 0 bridgehead atoms. The lowest BCUT2D eigenvalue weighted by Gasteiger charge is -2.19. The second kappa shape index (κ2) is 7.32. The van der Waals surface area contributed by atoms with Gasteiger partial charge in [-0.05, 0) is 61.6 Å². The molecule has 3 aromatic rings. The average Bonchev–Trinajstić information content (AvgIpc) is 2.54. The number of phosphoric ester groups is 1. The summed E-state index contributed by atoms with van der Waals surface area (Å²) in [7, 11) is -4.69. The summed E-state index contributed by atoms with van der Waals surface area (Å²) in [6.45, 7) is 8.07. The fraction of sp³-hybridized carbons (Fsp3) is 0.182. The van der Waals surface area contributed by atoms with Gasteiger partial charge >= 0.3 is 7.82 Å². The van der Waals surface area contributed by atoms with E-state index in [0.29, 0.717) is 5.56 Å². The Balaban J connectivity index is 2.34. The van der Waals surface area contributed by atoms with Crippen LogP contribution in [0.25, 0.3) is 22.3 Å². The summed E-state index contributed by atoms with van der Waals surface area (Å²) in [4.78, 5) is 18.8. The van der Waals surface area contributed by atoms with Crippen molar-refractivity contribution in [3.63, 3.8) is 0 Å². The zero-order chi connectivity index (χ0) is 19.8. The van der Waals surface area contributed by atoms with Crippen molar-refractivity contribution < 1.29 is 18.9 Å². The predicted molar refractivity (Wildman–Crippen MR) is 109 cm³/mol. The summed E-state index contributed by atoms with van der Waals surface area (Å²) in [6, 6.07) is 17.5. The maximum Gasteiger partial charge on any atom is 0.524 e. The molecule has 3 aromatic carbocycles. The lowest BCUT2D eigenvalue weighted by atomic mass is 9.89. The summed E-state index contributed by atoms with van der Waals surface area (Å²) < 4.78 is 16.6. The molecule has 27 heavy (non-hydrogen) atoms. The molecule has 4 nitrogen and oxygen atoms in total. The molecule has 0 saturated heterocycles. The molecule has 0 unspecified atom stereocenters. The first-order valence-electron chi connectivity index (χ1n) is 8.69. The predicted octanol–water partition coefficient (Wildman–Crippen LogP) is 5.73. The van der Waals surface area contributed by atoms with Gasteiger partial charge in [0.05, 0.1) is 0 Å². The van der Waals surface area contributed by atoms with Crippen molar-refractivity contribution in [2.45, 2.75) is 27.7 Å². The Morgan fingerprint density at radius 1 is 0.741 bits per heavy atom. The second-order valence-corrected chi connectivity index (χ2v) is 8.06. The van der Waals surface area contributed by atoms with Crippen LogP contribution < -0.4 is 4.52 Å². The van der Waals surface area contributed by atoms with Crippen LogP contribution in [0.4, 0.5) is 0 Å². The molecule has 0 fully saturated rings. The van der Waals surface area contributed by atoms with Crippen LogP contribution in [-0.4, -0.2) is 9.79 Å². The number of hydrogen-bond acceptors (Lipinski definition) is 2. The largest absolute Gasteiger partial charge is 0.524 e. The lowest BCUT2D eigenvalue weighted by molar-refractivity contribution is 0.283. The molecule has 5 heteroatoms. The van der Waals surface area contributed by atoms with Gasteiger partial charge in [-0.3, -0.25) is 9.79 Å². The molecule has 0 radical (unpaired) electrons. The number of rotatable bonds is 4. The van der Waals surface area contributed by atoms with Crippen LogP contribution in [0.1, 0.15) is 22.3 Å². The maximum absolute atomic E-state index is 11.6. The molecule has 0 aliphatic heterocycles. The van der Waals surface area contributed by atoms with Crippen LogP contribution in [0.3, 0.4) is 0 Å². The van der Waals surface area contributed by atoms with Crippen molar-refractivity contribution in [2.24, 2.45) is 0 Å². The summed E-state index contributed by atoms with van der Waals surface area (Å²) in [5.41, 5.74) is 7.85. The highest BCUT2D eigenvalue weighted by molar-refractivity contribution is 7.46. The zero-order valence-electron chi connectivity index (χ0n) is 15.9. The zero-order valence-corrected chi connectivity index (χ0v) is 16.7. The van der Waals surface area contributed by atoms with Crippen molar-refractivity contribution >= 4 is 7.82 Å². The van der Waals surface area contributed by atoms with E-state index >= 15 is 0 Å². The third kappa shape index (κ3) is 4.30. The third-order valence-electron chi connectivity index (χ3n) is 4.57. The van der Waals surface area contributed by atoms with Crippen molar-refractivity contribution in [1.82, 2.24) is 0 Å². The number of aryl methyl sites for hydroxylation is 4. The Labute approximate surface area is 159 Å². The molecular weight excluding hydrogens is 359 g/mol. The molecule has 0 heterocycles. The second-order valence-electron chi connectivity index (χ2n) is 6.90. The molecule has 0 spiro atoms. The summed E-state index contributed by atoms with van der Waals surface area (Å²) in [6.07, 6.45) is 0. The van der Waals surface area contributed by atoms with Crippen LogP contribution in [0.15, 0.2) is 54.6 Å². The quantitative estimate of drug-likeness (QED) is 0.566. The van der Waals surface area contributed by atoms with Crippen LogP contribution in [0.2, 0.25) is 0 Å². The molecule has 2 N–H and O–H groups in total. The van der Waals surface area contributed by atoms with E-state index in [1.54, 1.807) is 12.1 Å². The van der Waals surface area contributed by atoms with Crippen LogP contribution in [0, 0.1) is 27.7 Å². The van der Waals surface area contributed by atoms with E-state index in [1.807, 2.05) is 58.0 Å². The van der Waals surface area contributed by atoms with E-state index < -0.39 is 7.82 Å². The number of phosphoric acid groups is 1. The van der Waals surface area contributed by atoms with E-state index in [-0.39, 0.29) is 5.75 Å². The summed E-state index contributed by atoms with van der Waals surface area (Å²) in [5, 5.41) is 0. The topological polar surface area (TPSA) is 66.8 Å². The summed E-state index contributed by atoms with van der Waals surface area (Å²) in [5.74, 6) is 0.174. The molecule has 0 aliphatic carbocycles. The van der Waals surface area contributed by atoms with Crippen LogP contribution in [0.5, 0.6) is 5.75 Å². The monoisotopic (exact) mass is 382 g/mol. The van der Waals surface area contributed by atoms with Gasteiger partial charge in [0.2, 0.25) is 0 Å². The Hall–Kier alpha value is -2.39. The molecule has 3 rings (SSSR count). The Morgan fingerprint density at radius 2 is 1.30 bits per heavy atom. The van der Waals surface area contributed by atoms with Crippen LogP contribution in [-0.2, 0) is 4.57 Å². The van der Waals surface area contributed by atoms with E-state index in [9.17, 15) is 14.4 Å². The first-order chi connectivity index (χ1) is 12.7. The SMILES string of the molecule is Cc1ccc(-c2cccc(OP(=O)(O)O)c2-c2ccc(C)cc2C)c(C)c1. The highest BCUT2D eigenvalue weighted by atomic mass is 31.2. The Kier molecular flexibility index (Phi) is 5.25. The van der Waals surface area contributed by atoms with E-state index in [2.05, 4.69) is 12.1 Å². The molecule has 0 atom stereocenters. The Bertz CT molecular complexity index is 1050. The Morgan fingerprint density at radius 3 is 1.81 bits per heavy atom. The maximum atomic E-state index is 11.6. The highest BCUT2D eigenvalue weighted by Crippen LogP contribution is 2.47. The van der Waals surface area contributed by atoms with Crippen molar-refractivity contribution in [3.8, 4) is 28.0 Å². The van der Waals surface area contributed by atoms with Crippen molar-refractivity contribution in [2.75, 3.05) is 0 Å². The van der Waals surface area contributed by atoms with Crippen molar-refractivity contribution in [1.29, 1.82) is 0 Å². The fourth-order valence-corrected chi connectivity index (χ4v) is 3.86. The van der Waals surface area contributed by atoms with E-state index in [1.165, 1.54) is 0 Å². The smallest absolute Gasteiger partial charge is 0.404 e. The molecular formula is C22H23O4P. The van der Waals surface area contributed by atoms with Crippen molar-refractivity contribution in [3.05, 3.63) is 76.9 Å². The van der Waals surface area contributed by atoms with Gasteiger partial charge in [-0.2, -0.15) is 0 Å². The van der Waals surface area contributed by atoms with Crippen LogP contribution >= 0.6 is 7.82 Å². The van der Waals surface area contributed by atoms with Gasteiger partial charge < -0.3 is 4.52 Å². The van der Waals surface area contributed by atoms with Gasteiger partial charge in [0, 0.05) is 5.56 Å². The third-order valence-corrected chi connectivity index (χ3v) is 5.00. The van der Waals surface area contributed by atoms with E-state index in [4.69, 9.17) is 4.52 Å². The summed E-state index contributed by atoms with van der Waals surface area (Å²) >= 11 is 0. The standard InChI is InChI=1S/C22H23O4P/c1-14-8-10-18(16(3)12-14)20-6-5-7-21(26-27(23,24)25)22(20)19-11-9-15(2)13-17(19)4/h5-13H,1-4H3,(H2,23,24,25). The molecule has 0 aliphatic rings. The van der Waals surface area contributed by atoms with Gasteiger partial charge in [-0.25, -0.2) is 4.57 Å². The highest BCUT2D eigenvalue weighted by Gasteiger charge is 2.22. The minimum Gasteiger partial charge on any atom is -0.404 e. The number of benzene rings is 3. The van der Waals surface area contributed by atoms with E-state index in [0.717, 1.165) is 38.9 Å². The normalized spacial score (nSPS) is 11.5. The molecule has 0 amide bonds. The fourth-order valence-electron chi connectivity index (χ4n) is 3.45. The minimum absolute atomic E-state index is 0.174. The molecule has 0 aromatic heterocycles. The van der Waals surface area contributed by atoms with Gasteiger partial charge in [0.25, 0.3) is 0 Å². The lowest BCUT2D eigenvalue weighted by Crippen LogP contribution is -1.97. The molecule has 140 valence electrons. The first kappa shape index (κ1) is 19.4. The molecule has 0 saturated carbocycles. The van der Waals surface area contributed by atoms with Gasteiger partial charge in [-0.1, -0.05) is 59.7 Å². The number of hydrogen-bond donors (Lipinski definition) is 2. The van der Waals surface area contributed by atoms with Gasteiger partial charge in [0.15, 0.2) is 0 Å². The van der Waals surface area contributed by atoms with Gasteiger partial charge in [-0.15, -0.1) is 0 Å². The van der Waals surface area contributed by atoms with Gasteiger partial charge in [0.1, 0.15) is 5.75 Å². The first-order valence-corrected chi connectivity index (χ1v) is 10.2. The average molecular weight is 382 g/mol. The minimum atomic E-state index is -4.69.